The van der Waals surface area contributed by atoms with Crippen molar-refractivity contribution in [2.75, 3.05) is 11.8 Å². The maximum atomic E-state index is 12.3. The molecule has 0 unspecified atom stereocenters. The fourth-order valence-corrected chi connectivity index (χ4v) is 3.01. The van der Waals surface area contributed by atoms with Crippen LogP contribution in [-0.4, -0.2) is 20.1 Å². The number of aromatic nitrogens is 1. The topological polar surface area (TPSA) is 77.4 Å². The molecule has 1 heterocycles. The van der Waals surface area contributed by atoms with Crippen molar-refractivity contribution in [2.45, 2.75) is 11.8 Å². The molecule has 0 saturated heterocycles. The fourth-order valence-electron chi connectivity index (χ4n) is 1.89. The first-order valence-electron chi connectivity index (χ1n) is 6.17. The Morgan fingerprint density at radius 1 is 1.19 bits per heavy atom. The number of anilines is 1. The predicted octanol–water partition coefficient (Wildman–Crippen LogP) is 1.50. The van der Waals surface area contributed by atoms with Gasteiger partial charge in [-0.3, -0.25) is 9.52 Å². The van der Waals surface area contributed by atoms with Crippen LogP contribution in [0, 0.1) is 6.92 Å². The molecule has 0 saturated carbocycles. The molecule has 0 aliphatic rings. The van der Waals surface area contributed by atoms with Crippen molar-refractivity contribution in [3.8, 4) is 5.75 Å². The molecule has 0 radical (unpaired) electrons. The molecular formula is C14H16N2O4S. The van der Waals surface area contributed by atoms with E-state index in [-0.39, 0.29) is 10.5 Å². The van der Waals surface area contributed by atoms with Crippen LogP contribution < -0.4 is 15.0 Å². The van der Waals surface area contributed by atoms with Crippen LogP contribution in [0.15, 0.2) is 46.2 Å². The second-order valence-electron chi connectivity index (χ2n) is 4.60. The van der Waals surface area contributed by atoms with Crippen LogP contribution >= 0.6 is 0 Å². The zero-order valence-electron chi connectivity index (χ0n) is 12.0. The highest BCUT2D eigenvalue weighted by atomic mass is 32.2. The molecule has 0 amide bonds. The van der Waals surface area contributed by atoms with E-state index >= 15 is 0 Å². The van der Waals surface area contributed by atoms with Gasteiger partial charge < -0.3 is 9.30 Å². The van der Waals surface area contributed by atoms with Crippen molar-refractivity contribution in [1.82, 2.24) is 4.57 Å². The van der Waals surface area contributed by atoms with Gasteiger partial charge in [-0.05, 0) is 36.8 Å². The van der Waals surface area contributed by atoms with Crippen molar-refractivity contribution < 1.29 is 13.2 Å². The van der Waals surface area contributed by atoms with Gasteiger partial charge in [0, 0.05) is 19.3 Å². The first-order valence-corrected chi connectivity index (χ1v) is 7.66. The first-order chi connectivity index (χ1) is 9.83. The number of nitrogens with zero attached hydrogens (tertiary/aromatic N) is 1. The fraction of sp³-hybridized carbons (Fsp3) is 0.214. The molecule has 0 atom stereocenters. The van der Waals surface area contributed by atoms with Gasteiger partial charge in [0.15, 0.2) is 0 Å². The minimum Gasteiger partial charge on any atom is -0.496 e. The standard InChI is InChI=1S/C14H16N2O4S/c1-10-8-12(5-6-13(10)20-3)21(18,19)15-11-4-7-14(17)16(2)9-11/h4-9,15H,1-3H3. The Kier molecular flexibility index (Phi) is 4.04. The summed E-state index contributed by atoms with van der Waals surface area (Å²) in [5, 5.41) is 0. The monoisotopic (exact) mass is 308 g/mol. The Bertz CT molecular complexity index is 825. The summed E-state index contributed by atoms with van der Waals surface area (Å²) >= 11 is 0. The minimum absolute atomic E-state index is 0.134. The molecule has 0 aliphatic heterocycles. The van der Waals surface area contributed by atoms with E-state index in [0.717, 1.165) is 5.56 Å². The number of pyridine rings is 1. The third-order valence-corrected chi connectivity index (χ3v) is 4.39. The van der Waals surface area contributed by atoms with Gasteiger partial charge in [-0.2, -0.15) is 0 Å². The third-order valence-electron chi connectivity index (χ3n) is 3.01. The number of ether oxygens (including phenoxy) is 1. The van der Waals surface area contributed by atoms with Crippen molar-refractivity contribution in [1.29, 1.82) is 0 Å². The van der Waals surface area contributed by atoms with E-state index in [2.05, 4.69) is 4.72 Å². The molecule has 6 nitrogen and oxygen atoms in total. The minimum atomic E-state index is -3.71. The Balaban J connectivity index is 2.35. The van der Waals surface area contributed by atoms with Gasteiger partial charge in [0.2, 0.25) is 5.56 Å². The van der Waals surface area contributed by atoms with Crippen molar-refractivity contribution in [2.24, 2.45) is 7.05 Å². The molecule has 0 spiro atoms. The summed E-state index contributed by atoms with van der Waals surface area (Å²) in [6, 6.07) is 7.33. The first kappa shape index (κ1) is 15.1. The van der Waals surface area contributed by atoms with E-state index in [1.807, 2.05) is 0 Å². The van der Waals surface area contributed by atoms with Crippen molar-refractivity contribution in [3.63, 3.8) is 0 Å². The summed E-state index contributed by atoms with van der Waals surface area (Å²) in [5.74, 6) is 0.621. The van der Waals surface area contributed by atoms with Gasteiger partial charge in [0.1, 0.15) is 5.75 Å². The van der Waals surface area contributed by atoms with E-state index in [1.54, 1.807) is 20.0 Å². The molecule has 1 N–H and O–H groups in total. The van der Waals surface area contributed by atoms with E-state index in [0.29, 0.717) is 11.4 Å². The molecule has 1 aromatic carbocycles. The van der Waals surface area contributed by atoms with Crippen molar-refractivity contribution in [3.05, 3.63) is 52.4 Å². The van der Waals surface area contributed by atoms with Crippen LogP contribution in [-0.2, 0) is 17.1 Å². The molecule has 1 aromatic heterocycles. The lowest BCUT2D eigenvalue weighted by atomic mass is 10.2. The summed E-state index contributed by atoms with van der Waals surface area (Å²) in [4.78, 5) is 11.4. The summed E-state index contributed by atoms with van der Waals surface area (Å²) in [6.07, 6.45) is 1.43. The summed E-state index contributed by atoms with van der Waals surface area (Å²) in [6.45, 7) is 1.77. The normalized spacial score (nSPS) is 11.2. The van der Waals surface area contributed by atoms with Crippen molar-refractivity contribution >= 4 is 15.7 Å². The molecule has 2 rings (SSSR count). The average molecular weight is 308 g/mol. The predicted molar refractivity (Wildman–Crippen MR) is 80.2 cm³/mol. The maximum absolute atomic E-state index is 12.3. The van der Waals surface area contributed by atoms with E-state index in [9.17, 15) is 13.2 Å². The number of benzene rings is 1. The SMILES string of the molecule is COc1ccc(S(=O)(=O)Nc2ccc(=O)n(C)c2)cc1C. The molecule has 112 valence electrons. The highest BCUT2D eigenvalue weighted by Crippen LogP contribution is 2.22. The van der Waals surface area contributed by atoms with Crippen LogP contribution in [0.5, 0.6) is 5.75 Å². The number of hydrogen-bond acceptors (Lipinski definition) is 4. The Labute approximate surface area is 123 Å². The van der Waals surface area contributed by atoms with Crippen LogP contribution in [0.25, 0.3) is 0 Å². The van der Waals surface area contributed by atoms with Crippen LogP contribution in [0.3, 0.4) is 0 Å². The molecule has 0 aliphatic carbocycles. The van der Waals surface area contributed by atoms with Gasteiger partial charge >= 0.3 is 0 Å². The van der Waals surface area contributed by atoms with E-state index in [4.69, 9.17) is 4.74 Å². The molecular weight excluding hydrogens is 292 g/mol. The smallest absolute Gasteiger partial charge is 0.261 e. The van der Waals surface area contributed by atoms with Crippen LogP contribution in [0.4, 0.5) is 5.69 Å². The second-order valence-corrected chi connectivity index (χ2v) is 6.29. The third kappa shape index (κ3) is 3.25. The summed E-state index contributed by atoms with van der Waals surface area (Å²) < 4.78 is 33.5. The zero-order valence-corrected chi connectivity index (χ0v) is 12.8. The average Bonchev–Trinajstić information content (AvgIpc) is 2.42. The van der Waals surface area contributed by atoms with E-state index < -0.39 is 10.0 Å². The molecule has 21 heavy (non-hydrogen) atoms. The van der Waals surface area contributed by atoms with E-state index in [1.165, 1.54) is 42.1 Å². The highest BCUT2D eigenvalue weighted by Gasteiger charge is 2.15. The number of methoxy groups -OCH3 is 1. The lowest BCUT2D eigenvalue weighted by molar-refractivity contribution is 0.411. The Morgan fingerprint density at radius 2 is 1.90 bits per heavy atom. The van der Waals surface area contributed by atoms with Crippen LogP contribution in [0.1, 0.15) is 5.56 Å². The highest BCUT2D eigenvalue weighted by molar-refractivity contribution is 7.92. The van der Waals surface area contributed by atoms with Gasteiger partial charge in [-0.1, -0.05) is 0 Å². The summed E-state index contributed by atoms with van der Waals surface area (Å²) in [5.41, 5.74) is 0.838. The van der Waals surface area contributed by atoms with Gasteiger partial charge in [0.25, 0.3) is 10.0 Å². The number of nitrogens with one attached hydrogen (secondary N) is 1. The number of rotatable bonds is 4. The molecule has 2 aromatic rings. The van der Waals surface area contributed by atoms with Crippen LogP contribution in [0.2, 0.25) is 0 Å². The second kappa shape index (κ2) is 5.61. The zero-order chi connectivity index (χ0) is 15.6. The quantitative estimate of drug-likeness (QED) is 0.928. The Morgan fingerprint density at radius 3 is 2.48 bits per heavy atom. The lowest BCUT2D eigenvalue weighted by Crippen LogP contribution is -2.18. The molecule has 0 bridgehead atoms. The van der Waals surface area contributed by atoms with Gasteiger partial charge in [0.05, 0.1) is 17.7 Å². The van der Waals surface area contributed by atoms with Gasteiger partial charge in [-0.15, -0.1) is 0 Å². The molecule has 7 heteroatoms. The number of sulfonamides is 1. The summed E-state index contributed by atoms with van der Waals surface area (Å²) in [7, 11) is -0.631. The largest absolute Gasteiger partial charge is 0.496 e. The number of hydrogen-bond donors (Lipinski definition) is 1. The number of aryl methyl sites for hydroxylation is 2. The van der Waals surface area contributed by atoms with Gasteiger partial charge in [-0.25, -0.2) is 8.42 Å². The lowest BCUT2D eigenvalue weighted by Gasteiger charge is -2.11. The maximum Gasteiger partial charge on any atom is 0.261 e. The Hall–Kier alpha value is -2.28. The molecule has 0 fully saturated rings.